The molecule has 0 aromatic heterocycles. The summed E-state index contributed by atoms with van der Waals surface area (Å²) in [6.45, 7) is 4.47. The second-order valence-corrected chi connectivity index (χ2v) is 5.05. The molecule has 1 rings (SSSR count). The van der Waals surface area contributed by atoms with E-state index in [2.05, 4.69) is 19.2 Å². The highest BCUT2D eigenvalue weighted by Gasteiger charge is 2.14. The summed E-state index contributed by atoms with van der Waals surface area (Å²) >= 11 is 11.9. The molecule has 0 saturated heterocycles. The highest BCUT2D eigenvalue weighted by molar-refractivity contribution is 6.42. The molecular weight excluding hydrogens is 241 g/mol. The summed E-state index contributed by atoms with van der Waals surface area (Å²) in [6.07, 6.45) is 2.16. The van der Waals surface area contributed by atoms with Crippen molar-refractivity contribution in [1.82, 2.24) is 5.32 Å². The van der Waals surface area contributed by atoms with E-state index in [0.29, 0.717) is 22.0 Å². The van der Waals surface area contributed by atoms with Gasteiger partial charge in [0, 0.05) is 6.04 Å². The number of hydrogen-bond donors (Lipinski definition) is 1. The molecule has 1 aromatic carbocycles. The van der Waals surface area contributed by atoms with Gasteiger partial charge in [-0.2, -0.15) is 0 Å². The van der Waals surface area contributed by atoms with Crippen LogP contribution in [0.2, 0.25) is 10.0 Å². The molecule has 1 nitrogen and oxygen atoms in total. The molecule has 1 N–H and O–H groups in total. The first-order chi connectivity index (χ1) is 7.58. The molecule has 2 unspecified atom stereocenters. The lowest BCUT2D eigenvalue weighted by molar-refractivity contribution is 0.386. The number of benzene rings is 1. The van der Waals surface area contributed by atoms with Gasteiger partial charge in [0.2, 0.25) is 0 Å². The van der Waals surface area contributed by atoms with Gasteiger partial charge in [0.25, 0.3) is 0 Å². The maximum absolute atomic E-state index is 6.00. The van der Waals surface area contributed by atoms with Crippen LogP contribution in [0.3, 0.4) is 0 Å². The number of hydrogen-bond acceptors (Lipinski definition) is 1. The fraction of sp³-hybridized carbons (Fsp3) is 0.538. The molecule has 90 valence electrons. The van der Waals surface area contributed by atoms with Crippen LogP contribution in [0.25, 0.3) is 0 Å². The van der Waals surface area contributed by atoms with Crippen molar-refractivity contribution >= 4 is 23.2 Å². The lowest BCUT2D eigenvalue weighted by Crippen LogP contribution is -2.33. The Morgan fingerprint density at radius 2 is 1.94 bits per heavy atom. The van der Waals surface area contributed by atoms with E-state index in [1.165, 1.54) is 12.0 Å². The largest absolute Gasteiger partial charge is 0.316 e. The number of nitrogens with one attached hydrogen (secondary N) is 1. The molecule has 2 atom stereocenters. The Balaban J connectivity index is 2.74. The van der Waals surface area contributed by atoms with Gasteiger partial charge < -0.3 is 5.32 Å². The van der Waals surface area contributed by atoms with Gasteiger partial charge in [-0.25, -0.2) is 0 Å². The summed E-state index contributed by atoms with van der Waals surface area (Å²) in [7, 11) is 2.01. The summed E-state index contributed by atoms with van der Waals surface area (Å²) in [5, 5.41) is 4.62. The molecule has 0 saturated carbocycles. The third kappa shape index (κ3) is 3.65. The summed E-state index contributed by atoms with van der Waals surface area (Å²) in [5.74, 6) is 0.652. The predicted octanol–water partition coefficient (Wildman–Crippen LogP) is 4.17. The van der Waals surface area contributed by atoms with E-state index in [9.17, 15) is 0 Å². The average Bonchev–Trinajstić information content (AvgIpc) is 2.29. The van der Waals surface area contributed by atoms with Gasteiger partial charge >= 0.3 is 0 Å². The van der Waals surface area contributed by atoms with Gasteiger partial charge in [0.05, 0.1) is 10.0 Å². The normalized spacial score (nSPS) is 14.8. The highest BCUT2D eigenvalue weighted by atomic mass is 35.5. The lowest BCUT2D eigenvalue weighted by atomic mass is 9.93. The fourth-order valence-electron chi connectivity index (χ4n) is 1.79. The Bertz CT molecular complexity index is 339. The van der Waals surface area contributed by atoms with E-state index in [1.807, 2.05) is 25.2 Å². The van der Waals surface area contributed by atoms with Crippen LogP contribution < -0.4 is 5.32 Å². The zero-order valence-corrected chi connectivity index (χ0v) is 11.6. The minimum absolute atomic E-state index is 0.488. The third-order valence-corrected chi connectivity index (χ3v) is 3.88. The zero-order valence-electron chi connectivity index (χ0n) is 10.1. The Morgan fingerprint density at radius 1 is 1.25 bits per heavy atom. The van der Waals surface area contributed by atoms with E-state index in [4.69, 9.17) is 23.2 Å². The van der Waals surface area contributed by atoms with Crippen LogP contribution in [0.15, 0.2) is 18.2 Å². The van der Waals surface area contributed by atoms with Crippen LogP contribution in [0.4, 0.5) is 0 Å². The highest BCUT2D eigenvalue weighted by Crippen LogP contribution is 2.24. The van der Waals surface area contributed by atoms with Crippen LogP contribution in [-0.4, -0.2) is 13.1 Å². The SMILES string of the molecule is CCC(C)C(Cc1ccc(Cl)c(Cl)c1)NC. The average molecular weight is 260 g/mol. The van der Waals surface area contributed by atoms with Gasteiger partial charge in [-0.15, -0.1) is 0 Å². The molecule has 0 bridgehead atoms. The maximum Gasteiger partial charge on any atom is 0.0595 e. The molecule has 0 aliphatic carbocycles. The summed E-state index contributed by atoms with van der Waals surface area (Å²) in [6, 6.07) is 6.35. The molecule has 0 spiro atoms. The molecule has 0 aliphatic rings. The van der Waals surface area contributed by atoms with Crippen molar-refractivity contribution in [3.8, 4) is 0 Å². The molecule has 3 heteroatoms. The van der Waals surface area contributed by atoms with Gasteiger partial charge in [0.1, 0.15) is 0 Å². The first kappa shape index (κ1) is 13.8. The number of halogens is 2. The van der Waals surface area contributed by atoms with Crippen molar-refractivity contribution in [3.05, 3.63) is 33.8 Å². The number of likely N-dealkylation sites (N-methyl/N-ethyl adjacent to an activating group) is 1. The van der Waals surface area contributed by atoms with Gasteiger partial charge in [-0.05, 0) is 37.1 Å². The zero-order chi connectivity index (χ0) is 12.1. The standard InChI is InChI=1S/C13H19Cl2N/c1-4-9(2)13(16-3)8-10-5-6-11(14)12(15)7-10/h5-7,9,13,16H,4,8H2,1-3H3. The molecular formula is C13H19Cl2N. The van der Waals surface area contributed by atoms with Crippen molar-refractivity contribution < 1.29 is 0 Å². The van der Waals surface area contributed by atoms with Gasteiger partial charge in [-0.3, -0.25) is 0 Å². The quantitative estimate of drug-likeness (QED) is 0.837. The monoisotopic (exact) mass is 259 g/mol. The second kappa shape index (κ2) is 6.48. The molecule has 0 radical (unpaired) electrons. The lowest BCUT2D eigenvalue weighted by Gasteiger charge is -2.22. The van der Waals surface area contributed by atoms with Crippen molar-refractivity contribution in [2.24, 2.45) is 5.92 Å². The molecule has 0 heterocycles. The van der Waals surface area contributed by atoms with Crippen molar-refractivity contribution in [1.29, 1.82) is 0 Å². The van der Waals surface area contributed by atoms with Crippen LogP contribution in [-0.2, 0) is 6.42 Å². The minimum atomic E-state index is 0.488. The number of rotatable bonds is 5. The van der Waals surface area contributed by atoms with Gasteiger partial charge in [0.15, 0.2) is 0 Å². The van der Waals surface area contributed by atoms with Crippen LogP contribution in [0, 0.1) is 5.92 Å². The fourth-order valence-corrected chi connectivity index (χ4v) is 2.11. The van der Waals surface area contributed by atoms with Crippen molar-refractivity contribution in [2.75, 3.05) is 7.05 Å². The van der Waals surface area contributed by atoms with Crippen molar-refractivity contribution in [2.45, 2.75) is 32.7 Å². The Kier molecular flexibility index (Phi) is 5.60. The van der Waals surface area contributed by atoms with Crippen molar-refractivity contribution in [3.63, 3.8) is 0 Å². The third-order valence-electron chi connectivity index (χ3n) is 3.14. The van der Waals surface area contributed by atoms with Crippen LogP contribution >= 0.6 is 23.2 Å². The molecule has 16 heavy (non-hydrogen) atoms. The Hall–Kier alpha value is -0.240. The summed E-state index contributed by atoms with van der Waals surface area (Å²) in [4.78, 5) is 0. The molecule has 0 aliphatic heterocycles. The molecule has 0 amide bonds. The van der Waals surface area contributed by atoms with E-state index < -0.39 is 0 Å². The van der Waals surface area contributed by atoms with E-state index in [-0.39, 0.29) is 0 Å². The first-order valence-corrected chi connectivity index (χ1v) is 6.45. The van der Waals surface area contributed by atoms with E-state index in [0.717, 1.165) is 6.42 Å². The summed E-state index contributed by atoms with van der Waals surface area (Å²) < 4.78 is 0. The van der Waals surface area contributed by atoms with E-state index in [1.54, 1.807) is 0 Å². The van der Waals surface area contributed by atoms with Crippen LogP contribution in [0.1, 0.15) is 25.8 Å². The minimum Gasteiger partial charge on any atom is -0.316 e. The first-order valence-electron chi connectivity index (χ1n) is 5.69. The van der Waals surface area contributed by atoms with Crippen LogP contribution in [0.5, 0.6) is 0 Å². The van der Waals surface area contributed by atoms with Gasteiger partial charge in [-0.1, -0.05) is 49.5 Å². The predicted molar refractivity (Wildman–Crippen MR) is 72.5 cm³/mol. The Morgan fingerprint density at radius 3 is 2.44 bits per heavy atom. The summed E-state index contributed by atoms with van der Waals surface area (Å²) in [5.41, 5.74) is 1.23. The van der Waals surface area contributed by atoms with E-state index >= 15 is 0 Å². The molecule has 0 fully saturated rings. The smallest absolute Gasteiger partial charge is 0.0595 e. The Labute approximate surface area is 108 Å². The second-order valence-electron chi connectivity index (χ2n) is 4.23. The molecule has 1 aromatic rings. The maximum atomic E-state index is 6.00. The topological polar surface area (TPSA) is 12.0 Å².